The van der Waals surface area contributed by atoms with Crippen LogP contribution in [0.4, 0.5) is 5.69 Å². The molecule has 0 aliphatic rings. The molecule has 0 aliphatic carbocycles. The first-order valence-electron chi connectivity index (χ1n) is 14.0. The maximum atomic E-state index is 14.3. The molecule has 0 bridgehead atoms. The lowest BCUT2D eigenvalue weighted by Crippen LogP contribution is -2.54. The maximum absolute atomic E-state index is 14.3. The van der Waals surface area contributed by atoms with E-state index in [0.29, 0.717) is 23.7 Å². The molecule has 0 aliphatic heterocycles. The predicted molar refractivity (Wildman–Crippen MR) is 167 cm³/mol. The van der Waals surface area contributed by atoms with Crippen LogP contribution in [0.25, 0.3) is 0 Å². The number of hydrogen-bond acceptors (Lipinski definition) is 7. The van der Waals surface area contributed by atoms with Crippen LogP contribution in [0, 0.1) is 0 Å². The van der Waals surface area contributed by atoms with Crippen LogP contribution in [-0.4, -0.2) is 71.3 Å². The highest BCUT2D eigenvalue weighted by Crippen LogP contribution is 2.32. The van der Waals surface area contributed by atoms with E-state index in [1.807, 2.05) is 50.2 Å². The summed E-state index contributed by atoms with van der Waals surface area (Å²) in [7, 11) is 0.532. The van der Waals surface area contributed by atoms with E-state index >= 15 is 0 Å². The van der Waals surface area contributed by atoms with Crippen molar-refractivity contribution in [3.63, 3.8) is 0 Å². The Morgan fingerprint density at radius 2 is 1.53 bits per heavy atom. The molecule has 0 heterocycles. The first-order valence-corrected chi connectivity index (χ1v) is 15.8. The molecule has 3 rings (SSSR count). The molecular weight excluding hydrogens is 570 g/mol. The molecule has 1 N–H and O–H groups in total. The summed E-state index contributed by atoms with van der Waals surface area (Å²) in [4.78, 5) is 29.5. The number of anilines is 1. The lowest BCUT2D eigenvalue weighted by atomic mass is 10.0. The van der Waals surface area contributed by atoms with Gasteiger partial charge in [0.25, 0.3) is 0 Å². The summed E-state index contributed by atoms with van der Waals surface area (Å²) in [5.74, 6) is 0.436. The standard InChI is InChI=1S/C32H41N3O7S/c1-7-23(2)33-32(37)28(19-24-12-9-8-10-13-24)34(21-25-14-11-15-27(18-25)40-3)31(36)22-35(43(6,38)39)26-16-17-29(41-4)30(20-26)42-5/h8-18,20,23,28H,7,19,21-22H2,1-6H3,(H,33,37)/t23-,28-/m0/s1. The van der Waals surface area contributed by atoms with Gasteiger partial charge in [-0.3, -0.25) is 13.9 Å². The fourth-order valence-electron chi connectivity index (χ4n) is 4.56. The Hall–Kier alpha value is -4.25. The van der Waals surface area contributed by atoms with Gasteiger partial charge in [0.2, 0.25) is 21.8 Å². The van der Waals surface area contributed by atoms with Crippen molar-refractivity contribution in [3.05, 3.63) is 83.9 Å². The Balaban J connectivity index is 2.10. The number of nitrogens with zero attached hydrogens (tertiary/aromatic N) is 2. The van der Waals surface area contributed by atoms with E-state index in [2.05, 4.69) is 5.32 Å². The van der Waals surface area contributed by atoms with E-state index in [4.69, 9.17) is 14.2 Å². The number of nitrogens with one attached hydrogen (secondary N) is 1. The zero-order valence-corrected chi connectivity index (χ0v) is 26.4. The third kappa shape index (κ3) is 9.12. The van der Waals surface area contributed by atoms with E-state index in [0.717, 1.165) is 21.7 Å². The van der Waals surface area contributed by atoms with Gasteiger partial charge in [-0.25, -0.2) is 8.42 Å². The van der Waals surface area contributed by atoms with E-state index in [1.54, 1.807) is 37.4 Å². The second kappa shape index (κ2) is 15.3. The summed E-state index contributed by atoms with van der Waals surface area (Å²) in [5.41, 5.74) is 1.80. The molecule has 43 heavy (non-hydrogen) atoms. The first-order chi connectivity index (χ1) is 20.5. The van der Waals surface area contributed by atoms with Crippen molar-refractivity contribution in [3.8, 4) is 17.2 Å². The Morgan fingerprint density at radius 1 is 0.860 bits per heavy atom. The highest BCUT2D eigenvalue weighted by atomic mass is 32.2. The number of benzene rings is 3. The van der Waals surface area contributed by atoms with Gasteiger partial charge >= 0.3 is 0 Å². The Morgan fingerprint density at radius 3 is 2.14 bits per heavy atom. The minimum atomic E-state index is -3.93. The van der Waals surface area contributed by atoms with Gasteiger partial charge in [-0.2, -0.15) is 0 Å². The van der Waals surface area contributed by atoms with Crippen LogP contribution in [0.3, 0.4) is 0 Å². The van der Waals surface area contributed by atoms with E-state index in [1.165, 1.54) is 25.2 Å². The maximum Gasteiger partial charge on any atom is 0.244 e. The van der Waals surface area contributed by atoms with E-state index in [-0.39, 0.29) is 30.6 Å². The van der Waals surface area contributed by atoms with Crippen molar-refractivity contribution >= 4 is 27.5 Å². The molecule has 2 atom stereocenters. The average molecular weight is 612 g/mol. The average Bonchev–Trinajstić information content (AvgIpc) is 3.00. The van der Waals surface area contributed by atoms with Gasteiger partial charge in [-0.15, -0.1) is 0 Å². The molecule has 2 amide bonds. The molecule has 10 nitrogen and oxygen atoms in total. The van der Waals surface area contributed by atoms with Gasteiger partial charge < -0.3 is 24.4 Å². The summed E-state index contributed by atoms with van der Waals surface area (Å²) < 4.78 is 43.2. The van der Waals surface area contributed by atoms with Crippen LogP contribution >= 0.6 is 0 Å². The number of hydrogen-bond donors (Lipinski definition) is 1. The molecule has 0 radical (unpaired) electrons. The number of rotatable bonds is 15. The topological polar surface area (TPSA) is 114 Å². The van der Waals surface area contributed by atoms with Crippen molar-refractivity contribution in [1.82, 2.24) is 10.2 Å². The minimum Gasteiger partial charge on any atom is -0.497 e. The van der Waals surface area contributed by atoms with Crippen LogP contribution < -0.4 is 23.8 Å². The lowest BCUT2D eigenvalue weighted by Gasteiger charge is -2.34. The zero-order valence-electron chi connectivity index (χ0n) is 25.6. The monoisotopic (exact) mass is 611 g/mol. The smallest absolute Gasteiger partial charge is 0.244 e. The number of amides is 2. The fraction of sp³-hybridized carbons (Fsp3) is 0.375. The zero-order chi connectivity index (χ0) is 31.6. The van der Waals surface area contributed by atoms with E-state index < -0.39 is 28.5 Å². The minimum absolute atomic E-state index is 0.0466. The summed E-state index contributed by atoms with van der Waals surface area (Å²) in [6.07, 6.45) is 1.96. The molecule has 0 fully saturated rings. The summed E-state index contributed by atoms with van der Waals surface area (Å²) in [6, 6.07) is 20.2. The van der Waals surface area contributed by atoms with Crippen LogP contribution in [0.2, 0.25) is 0 Å². The van der Waals surface area contributed by atoms with Gasteiger partial charge in [0.1, 0.15) is 18.3 Å². The molecule has 232 valence electrons. The number of sulfonamides is 1. The van der Waals surface area contributed by atoms with Gasteiger partial charge in [0.15, 0.2) is 11.5 Å². The second-order valence-electron chi connectivity index (χ2n) is 10.2. The third-order valence-electron chi connectivity index (χ3n) is 7.09. The highest BCUT2D eigenvalue weighted by molar-refractivity contribution is 7.92. The van der Waals surface area contributed by atoms with Crippen molar-refractivity contribution in [2.24, 2.45) is 0 Å². The molecule has 0 unspecified atom stereocenters. The number of carbonyl (C=O) groups is 2. The predicted octanol–water partition coefficient (Wildman–Crippen LogP) is 4.03. The highest BCUT2D eigenvalue weighted by Gasteiger charge is 2.33. The Kier molecular flexibility index (Phi) is 11.8. The van der Waals surface area contributed by atoms with Gasteiger partial charge in [-0.05, 0) is 48.7 Å². The number of methoxy groups -OCH3 is 3. The van der Waals surface area contributed by atoms with Crippen LogP contribution in [-0.2, 0) is 32.6 Å². The fourth-order valence-corrected chi connectivity index (χ4v) is 5.40. The molecule has 0 aromatic heterocycles. The molecule has 0 saturated heterocycles. The number of carbonyl (C=O) groups excluding carboxylic acids is 2. The van der Waals surface area contributed by atoms with Crippen molar-refractivity contribution in [2.45, 2.75) is 45.3 Å². The van der Waals surface area contributed by atoms with Crippen molar-refractivity contribution in [2.75, 3.05) is 38.4 Å². The van der Waals surface area contributed by atoms with Crippen LogP contribution in [0.15, 0.2) is 72.8 Å². The Bertz CT molecular complexity index is 1480. The van der Waals surface area contributed by atoms with Gasteiger partial charge in [0.05, 0.1) is 33.3 Å². The molecule has 0 saturated carbocycles. The molecular formula is C32H41N3O7S. The molecule has 11 heteroatoms. The van der Waals surface area contributed by atoms with Crippen LogP contribution in [0.1, 0.15) is 31.4 Å². The first kappa shape index (κ1) is 33.3. The lowest BCUT2D eigenvalue weighted by molar-refractivity contribution is -0.140. The van der Waals surface area contributed by atoms with E-state index in [9.17, 15) is 18.0 Å². The SMILES string of the molecule is CC[C@H](C)NC(=O)[C@H](Cc1ccccc1)N(Cc1cccc(OC)c1)C(=O)CN(c1ccc(OC)c(OC)c1)S(C)(=O)=O. The Labute approximate surface area is 254 Å². The van der Waals surface area contributed by atoms with Crippen molar-refractivity contribution in [1.29, 1.82) is 0 Å². The van der Waals surface area contributed by atoms with Gasteiger partial charge in [0, 0.05) is 25.1 Å². The van der Waals surface area contributed by atoms with Gasteiger partial charge in [-0.1, -0.05) is 49.4 Å². The summed E-state index contributed by atoms with van der Waals surface area (Å²) in [5, 5.41) is 3.02. The van der Waals surface area contributed by atoms with Crippen molar-refractivity contribution < 1.29 is 32.2 Å². The number of ether oxygens (including phenoxy) is 3. The normalized spacial score (nSPS) is 12.5. The second-order valence-corrected chi connectivity index (χ2v) is 12.1. The molecule has 3 aromatic carbocycles. The molecule has 3 aromatic rings. The third-order valence-corrected chi connectivity index (χ3v) is 8.23. The molecule has 0 spiro atoms. The summed E-state index contributed by atoms with van der Waals surface area (Å²) in [6.45, 7) is 3.36. The largest absolute Gasteiger partial charge is 0.497 e. The summed E-state index contributed by atoms with van der Waals surface area (Å²) >= 11 is 0. The quantitative estimate of drug-likeness (QED) is 0.276. The van der Waals surface area contributed by atoms with Crippen LogP contribution in [0.5, 0.6) is 17.2 Å².